The number of amides is 2. The summed E-state index contributed by atoms with van der Waals surface area (Å²) in [5.41, 5.74) is 0.978. The van der Waals surface area contributed by atoms with Crippen molar-refractivity contribution in [3.63, 3.8) is 0 Å². The van der Waals surface area contributed by atoms with Gasteiger partial charge in [-0.25, -0.2) is 4.99 Å². The first-order chi connectivity index (χ1) is 14.5. The molecule has 1 aliphatic rings. The zero-order chi connectivity index (χ0) is 21.7. The fourth-order valence-electron chi connectivity index (χ4n) is 3.05. The molecule has 0 fully saturated rings. The van der Waals surface area contributed by atoms with E-state index in [1.807, 2.05) is 0 Å². The van der Waals surface area contributed by atoms with Gasteiger partial charge in [-0.2, -0.15) is 0 Å². The third kappa shape index (κ3) is 4.62. The van der Waals surface area contributed by atoms with E-state index in [1.165, 1.54) is 21.3 Å². The first-order valence-corrected chi connectivity index (χ1v) is 9.11. The van der Waals surface area contributed by atoms with Gasteiger partial charge in [-0.05, 0) is 30.3 Å². The van der Waals surface area contributed by atoms with Gasteiger partial charge < -0.3 is 18.9 Å². The summed E-state index contributed by atoms with van der Waals surface area (Å²) < 4.78 is 21.0. The number of guanidine groups is 1. The number of hydrogen-bond acceptors (Lipinski definition) is 7. The molecule has 2 aromatic carbocycles. The van der Waals surface area contributed by atoms with Crippen molar-refractivity contribution in [1.29, 1.82) is 0 Å². The fourth-order valence-corrected chi connectivity index (χ4v) is 3.05. The zero-order valence-corrected chi connectivity index (χ0v) is 17.1. The van der Waals surface area contributed by atoms with Gasteiger partial charge in [0.25, 0.3) is 5.91 Å². The Bertz CT molecular complexity index is 966. The molecule has 1 aliphatic heterocycles. The maximum atomic E-state index is 12.7. The molecule has 0 aliphatic carbocycles. The average molecular weight is 413 g/mol. The molecule has 0 spiro atoms. The lowest BCUT2D eigenvalue weighted by Crippen LogP contribution is -2.47. The molecule has 0 radical (unpaired) electrons. The maximum Gasteiger partial charge on any atom is 0.258 e. The van der Waals surface area contributed by atoms with Crippen molar-refractivity contribution < 1.29 is 28.5 Å². The molecule has 30 heavy (non-hydrogen) atoms. The van der Waals surface area contributed by atoms with Gasteiger partial charge in [-0.15, -0.1) is 0 Å². The molecule has 0 unspecified atom stereocenters. The molecule has 0 saturated heterocycles. The van der Waals surface area contributed by atoms with Crippen LogP contribution in [0.2, 0.25) is 0 Å². The predicted octanol–water partition coefficient (Wildman–Crippen LogP) is 2.07. The summed E-state index contributed by atoms with van der Waals surface area (Å²) in [5.74, 6) is 1.42. The van der Waals surface area contributed by atoms with Crippen molar-refractivity contribution in [3.8, 4) is 23.0 Å². The number of rotatable bonds is 6. The summed E-state index contributed by atoms with van der Waals surface area (Å²) in [7, 11) is 6.08. The molecular formula is C21H23N3O6. The highest BCUT2D eigenvalue weighted by molar-refractivity contribution is 6.10. The summed E-state index contributed by atoms with van der Waals surface area (Å²) in [4.78, 5) is 29.5. The number of nitrogens with zero attached hydrogens (tertiary/aromatic N) is 1. The second kappa shape index (κ2) is 9.17. The Morgan fingerprint density at radius 3 is 2.23 bits per heavy atom. The van der Waals surface area contributed by atoms with Gasteiger partial charge in [0.2, 0.25) is 11.9 Å². The van der Waals surface area contributed by atoms with Gasteiger partial charge in [0, 0.05) is 17.2 Å². The van der Waals surface area contributed by atoms with E-state index < -0.39 is 11.9 Å². The largest absolute Gasteiger partial charge is 0.497 e. The standard InChI is InChI=1S/C21H23N3O6/c1-27-13-5-6-18(30-4)16(10-13)17-11-19(25)23-21(22-17)24-20(26)12-7-14(28-2)9-15(8-12)29-3/h5-10,17H,11H2,1-4H3,(H2,22,23,24,25,26)/t17-/m0/s1. The number of carbonyl (C=O) groups is 2. The number of hydrogen-bond donors (Lipinski definition) is 2. The Morgan fingerprint density at radius 1 is 0.967 bits per heavy atom. The van der Waals surface area contributed by atoms with Crippen LogP contribution >= 0.6 is 0 Å². The van der Waals surface area contributed by atoms with Crippen LogP contribution in [0.4, 0.5) is 0 Å². The van der Waals surface area contributed by atoms with E-state index in [2.05, 4.69) is 15.6 Å². The second-order valence-electron chi connectivity index (χ2n) is 6.41. The lowest BCUT2D eigenvalue weighted by Gasteiger charge is -2.23. The summed E-state index contributed by atoms with van der Waals surface area (Å²) in [6.45, 7) is 0. The molecule has 1 heterocycles. The van der Waals surface area contributed by atoms with Gasteiger partial charge in [0.1, 0.15) is 23.0 Å². The molecular weight excluding hydrogens is 390 g/mol. The number of nitrogens with one attached hydrogen (secondary N) is 2. The van der Waals surface area contributed by atoms with Gasteiger partial charge in [-0.1, -0.05) is 0 Å². The highest BCUT2D eigenvalue weighted by Gasteiger charge is 2.26. The number of carbonyl (C=O) groups excluding carboxylic acids is 2. The number of benzene rings is 2. The van der Waals surface area contributed by atoms with Crippen LogP contribution in [0, 0.1) is 0 Å². The van der Waals surface area contributed by atoms with E-state index in [0.29, 0.717) is 34.1 Å². The third-order valence-electron chi connectivity index (χ3n) is 4.56. The fraction of sp³-hybridized carbons (Fsp3) is 0.286. The Balaban J connectivity index is 1.89. The minimum absolute atomic E-state index is 0.0490. The van der Waals surface area contributed by atoms with Gasteiger partial charge >= 0.3 is 0 Å². The van der Waals surface area contributed by atoms with Crippen LogP contribution in [0.15, 0.2) is 41.4 Å². The number of methoxy groups -OCH3 is 4. The topological polar surface area (TPSA) is 107 Å². The van der Waals surface area contributed by atoms with Crippen molar-refractivity contribution in [1.82, 2.24) is 10.6 Å². The monoisotopic (exact) mass is 413 g/mol. The summed E-state index contributed by atoms with van der Waals surface area (Å²) in [6, 6.07) is 9.50. The van der Waals surface area contributed by atoms with Crippen molar-refractivity contribution in [2.75, 3.05) is 28.4 Å². The Hall–Kier alpha value is -3.75. The smallest absolute Gasteiger partial charge is 0.258 e. The minimum Gasteiger partial charge on any atom is -0.497 e. The van der Waals surface area contributed by atoms with Crippen molar-refractivity contribution in [2.24, 2.45) is 4.99 Å². The summed E-state index contributed by atoms with van der Waals surface area (Å²) in [6.07, 6.45) is 0.107. The van der Waals surface area contributed by atoms with E-state index in [0.717, 1.165) is 0 Å². The number of aliphatic imine (C=N–C) groups is 1. The van der Waals surface area contributed by atoms with Crippen LogP contribution < -0.4 is 29.6 Å². The van der Waals surface area contributed by atoms with E-state index in [9.17, 15) is 9.59 Å². The Labute approximate surface area is 174 Å². The summed E-state index contributed by atoms with van der Waals surface area (Å²) >= 11 is 0. The molecule has 9 nitrogen and oxygen atoms in total. The molecule has 158 valence electrons. The summed E-state index contributed by atoms with van der Waals surface area (Å²) in [5, 5.41) is 5.21. The van der Waals surface area contributed by atoms with E-state index in [1.54, 1.807) is 43.5 Å². The normalized spacial score (nSPS) is 15.5. The van der Waals surface area contributed by atoms with Crippen LogP contribution in [0.25, 0.3) is 0 Å². The molecule has 9 heteroatoms. The highest BCUT2D eigenvalue weighted by atomic mass is 16.5. The lowest BCUT2D eigenvalue weighted by atomic mass is 10.0. The van der Waals surface area contributed by atoms with E-state index in [-0.39, 0.29) is 18.3 Å². The van der Waals surface area contributed by atoms with Crippen LogP contribution in [0.5, 0.6) is 23.0 Å². The van der Waals surface area contributed by atoms with Crippen molar-refractivity contribution in [3.05, 3.63) is 47.5 Å². The molecule has 0 saturated carbocycles. The van der Waals surface area contributed by atoms with E-state index >= 15 is 0 Å². The molecule has 2 amide bonds. The molecule has 1 atom stereocenters. The van der Waals surface area contributed by atoms with Crippen molar-refractivity contribution >= 4 is 17.8 Å². The first kappa shape index (κ1) is 21.0. The van der Waals surface area contributed by atoms with Crippen LogP contribution in [0.3, 0.4) is 0 Å². The van der Waals surface area contributed by atoms with Crippen LogP contribution in [-0.2, 0) is 4.79 Å². The second-order valence-corrected chi connectivity index (χ2v) is 6.41. The predicted molar refractivity (Wildman–Crippen MR) is 109 cm³/mol. The molecule has 2 N–H and O–H groups in total. The zero-order valence-electron chi connectivity index (χ0n) is 17.1. The SMILES string of the molecule is COc1cc(OC)cc(C(=O)NC2=N[C@H](c3cc(OC)ccc3OC)CC(=O)N2)c1. The molecule has 2 aromatic rings. The maximum absolute atomic E-state index is 12.7. The van der Waals surface area contributed by atoms with Crippen LogP contribution in [0.1, 0.15) is 28.4 Å². The van der Waals surface area contributed by atoms with E-state index in [4.69, 9.17) is 18.9 Å². The Kier molecular flexibility index (Phi) is 6.41. The molecule has 0 bridgehead atoms. The first-order valence-electron chi connectivity index (χ1n) is 9.11. The average Bonchev–Trinajstić information content (AvgIpc) is 2.77. The van der Waals surface area contributed by atoms with Crippen molar-refractivity contribution in [2.45, 2.75) is 12.5 Å². The van der Waals surface area contributed by atoms with Gasteiger partial charge in [0.05, 0.1) is 40.9 Å². The van der Waals surface area contributed by atoms with Crippen LogP contribution in [-0.4, -0.2) is 46.2 Å². The molecule has 0 aromatic heterocycles. The third-order valence-corrected chi connectivity index (χ3v) is 4.56. The quantitative estimate of drug-likeness (QED) is 0.751. The highest BCUT2D eigenvalue weighted by Crippen LogP contribution is 2.34. The minimum atomic E-state index is -0.543. The Morgan fingerprint density at radius 2 is 1.63 bits per heavy atom. The van der Waals surface area contributed by atoms with Gasteiger partial charge in [-0.3, -0.25) is 20.2 Å². The van der Waals surface area contributed by atoms with Gasteiger partial charge in [0.15, 0.2) is 0 Å². The number of ether oxygens (including phenoxy) is 4. The lowest BCUT2D eigenvalue weighted by molar-refractivity contribution is -0.120. The molecule has 3 rings (SSSR count).